The number of nitro benzene ring substituents is 1. The first-order chi connectivity index (χ1) is 11.6. The molecule has 1 aromatic heterocycles. The quantitative estimate of drug-likeness (QED) is 0.365. The SMILES string of the molecule is CC(=O)Oc1c([N+](=O)[O-])cc(CN2CCOCC2)c2cccnc12. The first-order valence-electron chi connectivity index (χ1n) is 7.60. The molecule has 1 aliphatic rings. The van der Waals surface area contributed by atoms with E-state index in [1.807, 2.05) is 6.07 Å². The number of hydrogen-bond acceptors (Lipinski definition) is 7. The molecule has 1 fully saturated rings. The third kappa shape index (κ3) is 3.34. The van der Waals surface area contributed by atoms with Crippen molar-refractivity contribution in [3.8, 4) is 5.75 Å². The Hall–Kier alpha value is -2.58. The van der Waals surface area contributed by atoms with E-state index >= 15 is 0 Å². The zero-order valence-electron chi connectivity index (χ0n) is 13.2. The van der Waals surface area contributed by atoms with E-state index in [2.05, 4.69) is 9.88 Å². The highest BCUT2D eigenvalue weighted by Crippen LogP contribution is 2.37. The predicted octanol–water partition coefficient (Wildman–Crippen LogP) is 1.90. The van der Waals surface area contributed by atoms with E-state index in [-0.39, 0.29) is 11.4 Å². The molecule has 0 N–H and O–H groups in total. The summed E-state index contributed by atoms with van der Waals surface area (Å²) in [6.07, 6.45) is 1.53. The summed E-state index contributed by atoms with van der Waals surface area (Å²) >= 11 is 0. The highest BCUT2D eigenvalue weighted by Gasteiger charge is 2.25. The Morgan fingerprint density at radius 2 is 2.21 bits per heavy atom. The lowest BCUT2D eigenvalue weighted by atomic mass is 10.1. The van der Waals surface area contributed by atoms with Gasteiger partial charge in [0.1, 0.15) is 5.52 Å². The van der Waals surface area contributed by atoms with Crippen LogP contribution in [0.3, 0.4) is 0 Å². The normalized spacial score (nSPS) is 15.4. The lowest BCUT2D eigenvalue weighted by molar-refractivity contribution is -0.385. The van der Waals surface area contributed by atoms with Crippen LogP contribution in [0.1, 0.15) is 12.5 Å². The highest BCUT2D eigenvalue weighted by molar-refractivity contribution is 5.93. The standard InChI is InChI=1S/C16H17N3O5/c1-11(20)24-16-14(19(21)22)9-12(10-18-5-7-23-8-6-18)13-3-2-4-17-15(13)16/h2-4,9H,5-8,10H2,1H3. The molecular formula is C16H17N3O5. The number of fused-ring (bicyclic) bond motifs is 1. The third-order valence-electron chi connectivity index (χ3n) is 3.85. The second-order valence-corrected chi connectivity index (χ2v) is 5.52. The van der Waals surface area contributed by atoms with E-state index in [0.29, 0.717) is 25.3 Å². The van der Waals surface area contributed by atoms with Gasteiger partial charge < -0.3 is 9.47 Å². The topological polar surface area (TPSA) is 94.8 Å². The molecule has 0 radical (unpaired) electrons. The zero-order valence-corrected chi connectivity index (χ0v) is 13.2. The van der Waals surface area contributed by atoms with Crippen LogP contribution in [0, 0.1) is 10.1 Å². The fourth-order valence-electron chi connectivity index (χ4n) is 2.79. The van der Waals surface area contributed by atoms with Gasteiger partial charge in [0, 0.05) is 44.2 Å². The van der Waals surface area contributed by atoms with Gasteiger partial charge in [0.2, 0.25) is 5.75 Å². The Bertz CT molecular complexity index is 787. The molecule has 126 valence electrons. The smallest absolute Gasteiger partial charge is 0.314 e. The van der Waals surface area contributed by atoms with Crippen LogP contribution in [0.4, 0.5) is 5.69 Å². The molecule has 8 heteroatoms. The van der Waals surface area contributed by atoms with Gasteiger partial charge in [-0.2, -0.15) is 0 Å². The fourth-order valence-corrected chi connectivity index (χ4v) is 2.79. The van der Waals surface area contributed by atoms with E-state index in [1.165, 1.54) is 19.2 Å². The molecule has 0 saturated carbocycles. The van der Waals surface area contributed by atoms with E-state index < -0.39 is 10.9 Å². The molecular weight excluding hydrogens is 314 g/mol. The number of benzene rings is 1. The molecule has 24 heavy (non-hydrogen) atoms. The predicted molar refractivity (Wildman–Crippen MR) is 85.8 cm³/mol. The van der Waals surface area contributed by atoms with E-state index in [0.717, 1.165) is 24.0 Å². The van der Waals surface area contributed by atoms with Crippen LogP contribution < -0.4 is 4.74 Å². The number of pyridine rings is 1. The van der Waals surface area contributed by atoms with Gasteiger partial charge in [-0.05, 0) is 11.6 Å². The summed E-state index contributed by atoms with van der Waals surface area (Å²) in [7, 11) is 0. The first-order valence-corrected chi connectivity index (χ1v) is 7.60. The van der Waals surface area contributed by atoms with Crippen molar-refractivity contribution in [3.05, 3.63) is 40.1 Å². The van der Waals surface area contributed by atoms with E-state index in [1.54, 1.807) is 6.07 Å². The summed E-state index contributed by atoms with van der Waals surface area (Å²) in [6, 6.07) is 5.06. The van der Waals surface area contributed by atoms with Crippen molar-refractivity contribution in [2.75, 3.05) is 26.3 Å². The minimum Gasteiger partial charge on any atom is -0.417 e. The molecule has 0 aliphatic carbocycles. The third-order valence-corrected chi connectivity index (χ3v) is 3.85. The van der Waals surface area contributed by atoms with Crippen LogP contribution in [-0.2, 0) is 16.1 Å². The van der Waals surface area contributed by atoms with Gasteiger partial charge in [0.15, 0.2) is 0 Å². The molecule has 1 saturated heterocycles. The van der Waals surface area contributed by atoms with Crippen molar-refractivity contribution in [3.63, 3.8) is 0 Å². The number of carbonyl (C=O) groups is 1. The lowest BCUT2D eigenvalue weighted by Crippen LogP contribution is -2.35. The van der Waals surface area contributed by atoms with Crippen molar-refractivity contribution in [1.82, 2.24) is 9.88 Å². The van der Waals surface area contributed by atoms with Gasteiger partial charge in [0.05, 0.1) is 18.1 Å². The number of nitro groups is 1. The molecule has 0 amide bonds. The Kier molecular flexibility index (Phi) is 4.68. The van der Waals surface area contributed by atoms with Crippen LogP contribution in [-0.4, -0.2) is 47.1 Å². The molecule has 2 heterocycles. The van der Waals surface area contributed by atoms with Crippen molar-refractivity contribution in [2.45, 2.75) is 13.5 Å². The molecule has 3 rings (SSSR count). The van der Waals surface area contributed by atoms with Crippen molar-refractivity contribution in [2.24, 2.45) is 0 Å². The molecule has 1 aromatic carbocycles. The summed E-state index contributed by atoms with van der Waals surface area (Å²) in [5, 5.41) is 12.2. The number of morpholine rings is 1. The molecule has 1 aliphatic heterocycles. The number of nitrogens with zero attached hydrogens (tertiary/aromatic N) is 3. The maximum absolute atomic E-state index is 11.4. The highest BCUT2D eigenvalue weighted by atomic mass is 16.6. The maximum Gasteiger partial charge on any atom is 0.314 e. The van der Waals surface area contributed by atoms with E-state index in [4.69, 9.17) is 9.47 Å². The zero-order chi connectivity index (χ0) is 17.1. The second-order valence-electron chi connectivity index (χ2n) is 5.52. The molecule has 8 nitrogen and oxygen atoms in total. The van der Waals surface area contributed by atoms with Crippen LogP contribution in [0.5, 0.6) is 5.75 Å². The van der Waals surface area contributed by atoms with Gasteiger partial charge in [0.25, 0.3) is 0 Å². The Balaban J connectivity index is 2.11. The van der Waals surface area contributed by atoms with Gasteiger partial charge in [-0.15, -0.1) is 0 Å². The van der Waals surface area contributed by atoms with Crippen molar-refractivity contribution < 1.29 is 19.2 Å². The molecule has 0 bridgehead atoms. The summed E-state index contributed by atoms with van der Waals surface area (Å²) in [4.78, 5) is 28.6. The minimum absolute atomic E-state index is 0.103. The number of rotatable bonds is 4. The first kappa shape index (κ1) is 16.3. The monoisotopic (exact) mass is 331 g/mol. The van der Waals surface area contributed by atoms with Crippen LogP contribution >= 0.6 is 0 Å². The molecule has 0 spiro atoms. The number of ether oxygens (including phenoxy) is 2. The number of esters is 1. The van der Waals surface area contributed by atoms with Gasteiger partial charge in [-0.3, -0.25) is 24.8 Å². The number of carbonyl (C=O) groups excluding carboxylic acids is 1. The molecule has 0 atom stereocenters. The minimum atomic E-state index is -0.619. The largest absolute Gasteiger partial charge is 0.417 e. The van der Waals surface area contributed by atoms with E-state index in [9.17, 15) is 14.9 Å². The average Bonchev–Trinajstić information content (AvgIpc) is 2.57. The average molecular weight is 331 g/mol. The summed E-state index contributed by atoms with van der Waals surface area (Å²) < 4.78 is 10.4. The summed E-state index contributed by atoms with van der Waals surface area (Å²) in [5.41, 5.74) is 0.854. The van der Waals surface area contributed by atoms with Crippen molar-refractivity contribution >= 4 is 22.6 Å². The van der Waals surface area contributed by atoms with Gasteiger partial charge >= 0.3 is 11.7 Å². The summed E-state index contributed by atoms with van der Waals surface area (Å²) in [5.74, 6) is -0.722. The maximum atomic E-state index is 11.4. The second kappa shape index (κ2) is 6.90. The Morgan fingerprint density at radius 1 is 1.46 bits per heavy atom. The Labute approximate surface area is 138 Å². The van der Waals surface area contributed by atoms with Crippen molar-refractivity contribution in [1.29, 1.82) is 0 Å². The molecule has 2 aromatic rings. The van der Waals surface area contributed by atoms with Gasteiger partial charge in [-0.25, -0.2) is 0 Å². The van der Waals surface area contributed by atoms with Gasteiger partial charge in [-0.1, -0.05) is 6.07 Å². The van der Waals surface area contributed by atoms with Crippen LogP contribution in [0.15, 0.2) is 24.4 Å². The van der Waals surface area contributed by atoms with Crippen LogP contribution in [0.2, 0.25) is 0 Å². The fraction of sp³-hybridized carbons (Fsp3) is 0.375. The Morgan fingerprint density at radius 3 is 2.88 bits per heavy atom. The molecule has 0 unspecified atom stereocenters. The van der Waals surface area contributed by atoms with Crippen LogP contribution in [0.25, 0.3) is 10.9 Å². The summed E-state index contributed by atoms with van der Waals surface area (Å²) in [6.45, 7) is 4.57. The number of hydrogen-bond donors (Lipinski definition) is 0. The number of aromatic nitrogens is 1. The lowest BCUT2D eigenvalue weighted by Gasteiger charge is -2.27.